The first kappa shape index (κ1) is 19.9. The molecule has 0 aliphatic heterocycles. The molecule has 2 aromatic rings. The molecule has 0 atom stereocenters. The maximum absolute atomic E-state index is 12.7. The third-order valence-corrected chi connectivity index (χ3v) is 5.93. The Hall–Kier alpha value is -2.38. The Morgan fingerprint density at radius 3 is 2.08 bits per heavy atom. The molecular weight excluding hydrogens is 350 g/mol. The molecule has 140 valence electrons. The maximum Gasteiger partial charge on any atom is 0.321 e. The second kappa shape index (κ2) is 8.82. The molecule has 0 radical (unpaired) electrons. The number of nitrogens with zero attached hydrogens (tertiary/aromatic N) is 2. The van der Waals surface area contributed by atoms with Gasteiger partial charge in [0.15, 0.2) is 0 Å². The monoisotopic (exact) mass is 375 g/mol. The number of hydrogen-bond acceptors (Lipinski definition) is 3. The van der Waals surface area contributed by atoms with Gasteiger partial charge in [-0.2, -0.15) is 4.31 Å². The van der Waals surface area contributed by atoms with E-state index in [9.17, 15) is 13.2 Å². The van der Waals surface area contributed by atoms with Crippen LogP contribution in [0.4, 0.5) is 10.5 Å². The third-order valence-electron chi connectivity index (χ3n) is 4.11. The van der Waals surface area contributed by atoms with E-state index in [4.69, 9.17) is 0 Å². The van der Waals surface area contributed by atoms with Crippen molar-refractivity contribution in [2.75, 3.05) is 25.5 Å². The van der Waals surface area contributed by atoms with Gasteiger partial charge in [-0.25, -0.2) is 13.2 Å². The summed E-state index contributed by atoms with van der Waals surface area (Å²) >= 11 is 0. The molecule has 2 amide bonds. The van der Waals surface area contributed by atoms with Gasteiger partial charge in [-0.15, -0.1) is 0 Å². The molecule has 2 aromatic carbocycles. The first-order valence-corrected chi connectivity index (χ1v) is 9.98. The normalized spacial score (nSPS) is 11.4. The van der Waals surface area contributed by atoms with Crippen LogP contribution in [0, 0.1) is 0 Å². The average molecular weight is 375 g/mol. The summed E-state index contributed by atoms with van der Waals surface area (Å²) in [7, 11) is -2.04. The van der Waals surface area contributed by atoms with Crippen molar-refractivity contribution in [2.45, 2.75) is 25.3 Å². The van der Waals surface area contributed by atoms with Crippen LogP contribution in [-0.2, 0) is 16.6 Å². The minimum atomic E-state index is -3.60. The molecule has 0 heterocycles. The van der Waals surface area contributed by atoms with E-state index in [0.717, 1.165) is 5.56 Å². The van der Waals surface area contributed by atoms with Crippen molar-refractivity contribution < 1.29 is 13.2 Å². The number of amides is 2. The Labute approximate surface area is 155 Å². The Morgan fingerprint density at radius 2 is 1.54 bits per heavy atom. The summed E-state index contributed by atoms with van der Waals surface area (Å²) in [6.45, 7) is 5.32. The summed E-state index contributed by atoms with van der Waals surface area (Å²) in [5, 5.41) is 2.77. The van der Waals surface area contributed by atoms with Crippen LogP contribution in [0.15, 0.2) is 59.5 Å². The van der Waals surface area contributed by atoms with E-state index >= 15 is 0 Å². The predicted molar refractivity (Wildman–Crippen MR) is 103 cm³/mol. The van der Waals surface area contributed by atoms with E-state index in [1.165, 1.54) is 16.4 Å². The number of benzene rings is 2. The molecule has 0 unspecified atom stereocenters. The zero-order valence-corrected chi connectivity index (χ0v) is 16.2. The highest BCUT2D eigenvalue weighted by Crippen LogP contribution is 2.19. The molecule has 1 N–H and O–H groups in total. The van der Waals surface area contributed by atoms with Crippen LogP contribution in [0.5, 0.6) is 0 Å². The fourth-order valence-corrected chi connectivity index (χ4v) is 3.69. The zero-order chi connectivity index (χ0) is 19.2. The first-order valence-electron chi connectivity index (χ1n) is 8.54. The van der Waals surface area contributed by atoms with Crippen LogP contribution in [0.2, 0.25) is 0 Å². The van der Waals surface area contributed by atoms with Crippen LogP contribution >= 0.6 is 0 Å². The molecule has 0 aromatic heterocycles. The molecule has 0 aliphatic carbocycles. The molecule has 0 spiro atoms. The highest BCUT2D eigenvalue weighted by molar-refractivity contribution is 7.89. The number of nitrogens with one attached hydrogen (secondary N) is 1. The standard InChI is InChI=1S/C19H25N3O3S/c1-4-22(5-2)19(23)20-17-11-13-18(14-12-17)26(24,25)21(3)15-16-9-7-6-8-10-16/h6-14H,4-5,15H2,1-3H3,(H,20,23). The van der Waals surface area contributed by atoms with E-state index in [1.54, 1.807) is 24.1 Å². The van der Waals surface area contributed by atoms with Gasteiger partial charge in [0, 0.05) is 32.4 Å². The Kier molecular flexibility index (Phi) is 6.76. The van der Waals surface area contributed by atoms with Crippen LogP contribution in [-0.4, -0.2) is 43.8 Å². The summed E-state index contributed by atoms with van der Waals surface area (Å²) in [4.78, 5) is 13.9. The van der Waals surface area contributed by atoms with Crippen molar-refractivity contribution in [1.29, 1.82) is 0 Å². The number of urea groups is 1. The molecule has 0 saturated carbocycles. The molecule has 0 fully saturated rings. The van der Waals surface area contributed by atoms with Gasteiger partial charge in [0.05, 0.1) is 4.90 Å². The van der Waals surface area contributed by atoms with E-state index in [-0.39, 0.29) is 10.9 Å². The highest BCUT2D eigenvalue weighted by Gasteiger charge is 2.21. The lowest BCUT2D eigenvalue weighted by molar-refractivity contribution is 0.217. The molecule has 26 heavy (non-hydrogen) atoms. The number of carbonyl (C=O) groups excluding carboxylic acids is 1. The molecule has 0 saturated heterocycles. The molecule has 0 aliphatic rings. The average Bonchev–Trinajstić information content (AvgIpc) is 2.64. The van der Waals surface area contributed by atoms with Crippen LogP contribution in [0.1, 0.15) is 19.4 Å². The van der Waals surface area contributed by atoms with E-state index < -0.39 is 10.0 Å². The molecule has 2 rings (SSSR count). The Bertz CT molecular complexity index is 817. The number of rotatable bonds is 7. The third kappa shape index (κ3) is 4.83. The van der Waals surface area contributed by atoms with Gasteiger partial charge >= 0.3 is 6.03 Å². The minimum absolute atomic E-state index is 0.191. The number of anilines is 1. The molecular formula is C19H25N3O3S. The summed E-state index contributed by atoms with van der Waals surface area (Å²) in [5.74, 6) is 0. The fraction of sp³-hybridized carbons (Fsp3) is 0.316. The molecule has 7 heteroatoms. The van der Waals surface area contributed by atoms with Crippen molar-refractivity contribution in [2.24, 2.45) is 0 Å². The van der Waals surface area contributed by atoms with E-state index in [0.29, 0.717) is 25.3 Å². The summed E-state index contributed by atoms with van der Waals surface area (Å²) in [6, 6.07) is 15.4. The summed E-state index contributed by atoms with van der Waals surface area (Å²) < 4.78 is 26.7. The SMILES string of the molecule is CCN(CC)C(=O)Nc1ccc(S(=O)(=O)N(C)Cc2ccccc2)cc1. The van der Waals surface area contributed by atoms with Crippen molar-refractivity contribution in [3.8, 4) is 0 Å². The van der Waals surface area contributed by atoms with Gasteiger partial charge in [0.2, 0.25) is 10.0 Å². The van der Waals surface area contributed by atoms with Crippen molar-refractivity contribution >= 4 is 21.7 Å². The smallest absolute Gasteiger partial charge is 0.321 e. The predicted octanol–water partition coefficient (Wildman–Crippen LogP) is 3.38. The first-order chi connectivity index (χ1) is 12.4. The lowest BCUT2D eigenvalue weighted by Gasteiger charge is -2.20. The summed E-state index contributed by atoms with van der Waals surface area (Å²) in [6.07, 6.45) is 0. The van der Waals surface area contributed by atoms with Crippen molar-refractivity contribution in [3.63, 3.8) is 0 Å². The Balaban J connectivity index is 2.09. The van der Waals surface area contributed by atoms with Crippen molar-refractivity contribution in [3.05, 3.63) is 60.2 Å². The number of carbonyl (C=O) groups is 1. The number of hydrogen-bond donors (Lipinski definition) is 1. The van der Waals surface area contributed by atoms with Gasteiger partial charge in [-0.1, -0.05) is 30.3 Å². The van der Waals surface area contributed by atoms with Crippen LogP contribution in [0.3, 0.4) is 0 Å². The second-order valence-electron chi connectivity index (χ2n) is 5.87. The van der Waals surface area contributed by atoms with Crippen LogP contribution in [0.25, 0.3) is 0 Å². The topological polar surface area (TPSA) is 69.7 Å². The quantitative estimate of drug-likeness (QED) is 0.806. The molecule has 6 nitrogen and oxygen atoms in total. The van der Waals surface area contributed by atoms with Crippen molar-refractivity contribution in [1.82, 2.24) is 9.21 Å². The van der Waals surface area contributed by atoms with Gasteiger partial charge < -0.3 is 10.2 Å². The minimum Gasteiger partial charge on any atom is -0.325 e. The highest BCUT2D eigenvalue weighted by atomic mass is 32.2. The Morgan fingerprint density at radius 1 is 0.962 bits per heavy atom. The van der Waals surface area contributed by atoms with Gasteiger partial charge in [-0.3, -0.25) is 0 Å². The molecule has 0 bridgehead atoms. The second-order valence-corrected chi connectivity index (χ2v) is 7.92. The van der Waals surface area contributed by atoms with Gasteiger partial charge in [0.1, 0.15) is 0 Å². The zero-order valence-electron chi connectivity index (χ0n) is 15.3. The lowest BCUT2D eigenvalue weighted by Crippen LogP contribution is -2.34. The number of sulfonamides is 1. The van der Waals surface area contributed by atoms with E-state index in [2.05, 4.69) is 5.32 Å². The van der Waals surface area contributed by atoms with Gasteiger partial charge in [0.25, 0.3) is 0 Å². The fourth-order valence-electron chi connectivity index (χ4n) is 2.53. The van der Waals surface area contributed by atoms with Crippen LogP contribution < -0.4 is 5.32 Å². The van der Waals surface area contributed by atoms with Gasteiger partial charge in [-0.05, 0) is 43.7 Å². The largest absolute Gasteiger partial charge is 0.325 e. The van der Waals surface area contributed by atoms with E-state index in [1.807, 2.05) is 44.2 Å². The lowest BCUT2D eigenvalue weighted by atomic mass is 10.2. The summed E-state index contributed by atoms with van der Waals surface area (Å²) in [5.41, 5.74) is 1.48. The maximum atomic E-state index is 12.7.